The molecule has 0 aromatic heterocycles. The Morgan fingerprint density at radius 1 is 1.25 bits per heavy atom. The van der Waals surface area contributed by atoms with Crippen molar-refractivity contribution in [3.05, 3.63) is 28.8 Å². The van der Waals surface area contributed by atoms with Gasteiger partial charge in [-0.15, -0.1) is 0 Å². The van der Waals surface area contributed by atoms with Gasteiger partial charge in [0.25, 0.3) is 0 Å². The SMILES string of the molecule is Cc1cc(C(N)=NO)cc(C)c1OCCOCC(C)C. The maximum Gasteiger partial charge on any atom is 0.170 e. The van der Waals surface area contributed by atoms with Crippen LogP contribution in [0.3, 0.4) is 0 Å². The molecule has 0 fully saturated rings. The number of nitrogens with zero attached hydrogens (tertiary/aromatic N) is 1. The number of oxime groups is 1. The number of amidine groups is 1. The average Bonchev–Trinajstić information content (AvgIpc) is 2.39. The first-order valence-electron chi connectivity index (χ1n) is 6.75. The molecule has 0 atom stereocenters. The molecule has 0 radical (unpaired) electrons. The first kappa shape index (κ1) is 16.3. The number of nitrogens with two attached hydrogens (primary N) is 1. The molecule has 0 unspecified atom stereocenters. The van der Waals surface area contributed by atoms with Crippen LogP contribution in [0.15, 0.2) is 17.3 Å². The third-order valence-electron chi connectivity index (χ3n) is 2.79. The van der Waals surface area contributed by atoms with Gasteiger partial charge in [-0.3, -0.25) is 0 Å². The van der Waals surface area contributed by atoms with Crippen LogP contribution in [-0.4, -0.2) is 30.9 Å². The van der Waals surface area contributed by atoms with Crippen molar-refractivity contribution in [1.82, 2.24) is 0 Å². The highest BCUT2D eigenvalue weighted by molar-refractivity contribution is 5.97. The summed E-state index contributed by atoms with van der Waals surface area (Å²) < 4.78 is 11.2. The van der Waals surface area contributed by atoms with Crippen LogP contribution in [0.25, 0.3) is 0 Å². The Balaban J connectivity index is 2.63. The van der Waals surface area contributed by atoms with Gasteiger partial charge in [0.2, 0.25) is 0 Å². The maximum atomic E-state index is 8.70. The molecule has 3 N–H and O–H groups in total. The summed E-state index contributed by atoms with van der Waals surface area (Å²) in [6.07, 6.45) is 0. The maximum absolute atomic E-state index is 8.70. The molecule has 0 bridgehead atoms. The molecule has 0 saturated heterocycles. The van der Waals surface area contributed by atoms with Crippen molar-refractivity contribution in [3.8, 4) is 5.75 Å². The van der Waals surface area contributed by atoms with Gasteiger partial charge in [-0.05, 0) is 43.0 Å². The van der Waals surface area contributed by atoms with Crippen molar-refractivity contribution in [2.75, 3.05) is 19.8 Å². The van der Waals surface area contributed by atoms with Gasteiger partial charge in [-0.1, -0.05) is 19.0 Å². The largest absolute Gasteiger partial charge is 0.491 e. The summed E-state index contributed by atoms with van der Waals surface area (Å²) >= 11 is 0. The normalized spacial score (nSPS) is 11.9. The first-order chi connectivity index (χ1) is 9.45. The van der Waals surface area contributed by atoms with E-state index in [1.807, 2.05) is 26.0 Å². The van der Waals surface area contributed by atoms with Crippen molar-refractivity contribution in [2.45, 2.75) is 27.7 Å². The minimum atomic E-state index is 0.100. The zero-order chi connectivity index (χ0) is 15.1. The second-order valence-electron chi connectivity index (χ2n) is 5.24. The van der Waals surface area contributed by atoms with Gasteiger partial charge in [0.1, 0.15) is 12.4 Å². The summed E-state index contributed by atoms with van der Waals surface area (Å²) in [5.74, 6) is 1.45. The van der Waals surface area contributed by atoms with E-state index in [0.717, 1.165) is 23.5 Å². The van der Waals surface area contributed by atoms with Crippen LogP contribution in [0.1, 0.15) is 30.5 Å². The van der Waals surface area contributed by atoms with Crippen LogP contribution in [-0.2, 0) is 4.74 Å². The van der Waals surface area contributed by atoms with Crippen molar-refractivity contribution in [3.63, 3.8) is 0 Å². The van der Waals surface area contributed by atoms with E-state index in [4.69, 9.17) is 20.4 Å². The Morgan fingerprint density at radius 3 is 2.35 bits per heavy atom. The Labute approximate surface area is 120 Å². The van der Waals surface area contributed by atoms with Gasteiger partial charge in [-0.25, -0.2) is 0 Å². The van der Waals surface area contributed by atoms with Crippen LogP contribution in [0.4, 0.5) is 0 Å². The minimum Gasteiger partial charge on any atom is -0.491 e. The molecule has 20 heavy (non-hydrogen) atoms. The van der Waals surface area contributed by atoms with E-state index in [1.54, 1.807) is 0 Å². The predicted molar refractivity (Wildman–Crippen MR) is 79.6 cm³/mol. The van der Waals surface area contributed by atoms with E-state index in [1.165, 1.54) is 0 Å². The number of rotatable bonds is 7. The molecular formula is C15H24N2O3. The van der Waals surface area contributed by atoms with Gasteiger partial charge in [0, 0.05) is 12.2 Å². The summed E-state index contributed by atoms with van der Waals surface area (Å²) in [6.45, 7) is 9.92. The van der Waals surface area contributed by atoms with Gasteiger partial charge >= 0.3 is 0 Å². The topological polar surface area (TPSA) is 77.1 Å². The molecule has 1 aromatic rings. The van der Waals surface area contributed by atoms with Crippen LogP contribution < -0.4 is 10.5 Å². The Morgan fingerprint density at radius 2 is 1.85 bits per heavy atom. The highest BCUT2D eigenvalue weighted by Crippen LogP contribution is 2.24. The molecule has 0 spiro atoms. The highest BCUT2D eigenvalue weighted by Gasteiger charge is 2.09. The average molecular weight is 280 g/mol. The molecule has 1 rings (SSSR count). The lowest BCUT2D eigenvalue weighted by Gasteiger charge is -2.14. The van der Waals surface area contributed by atoms with Crippen molar-refractivity contribution in [1.29, 1.82) is 0 Å². The molecule has 0 aliphatic carbocycles. The number of benzene rings is 1. The molecule has 0 heterocycles. The smallest absolute Gasteiger partial charge is 0.170 e. The predicted octanol–water partition coefficient (Wildman–Crippen LogP) is 2.45. The fraction of sp³-hybridized carbons (Fsp3) is 0.533. The quantitative estimate of drug-likeness (QED) is 0.264. The van der Waals surface area contributed by atoms with Crippen molar-refractivity contribution in [2.24, 2.45) is 16.8 Å². The molecule has 0 amide bonds. The van der Waals surface area contributed by atoms with Crippen LogP contribution in [0.2, 0.25) is 0 Å². The molecule has 5 nitrogen and oxygen atoms in total. The second-order valence-corrected chi connectivity index (χ2v) is 5.24. The fourth-order valence-electron chi connectivity index (χ4n) is 1.91. The lowest BCUT2D eigenvalue weighted by Crippen LogP contribution is -2.15. The molecule has 0 saturated carbocycles. The van der Waals surface area contributed by atoms with Gasteiger partial charge in [-0.2, -0.15) is 0 Å². The zero-order valence-corrected chi connectivity index (χ0v) is 12.6. The first-order valence-corrected chi connectivity index (χ1v) is 6.75. The molecule has 0 aliphatic rings. The number of hydrogen-bond acceptors (Lipinski definition) is 4. The lowest BCUT2D eigenvalue weighted by molar-refractivity contribution is 0.0815. The second kappa shape index (κ2) is 7.75. The minimum absolute atomic E-state index is 0.100. The van der Waals surface area contributed by atoms with E-state index < -0.39 is 0 Å². The Hall–Kier alpha value is -1.75. The molecule has 112 valence electrons. The molecule has 5 heteroatoms. The van der Waals surface area contributed by atoms with E-state index >= 15 is 0 Å². The van der Waals surface area contributed by atoms with Crippen LogP contribution in [0.5, 0.6) is 5.75 Å². The van der Waals surface area contributed by atoms with Crippen molar-refractivity contribution < 1.29 is 14.7 Å². The van der Waals surface area contributed by atoms with Crippen LogP contribution >= 0.6 is 0 Å². The summed E-state index contributed by atoms with van der Waals surface area (Å²) in [5, 5.41) is 11.7. The van der Waals surface area contributed by atoms with Gasteiger partial charge in [0.15, 0.2) is 5.84 Å². The summed E-state index contributed by atoms with van der Waals surface area (Å²) in [4.78, 5) is 0. The van der Waals surface area contributed by atoms with E-state index in [9.17, 15) is 0 Å². The fourth-order valence-corrected chi connectivity index (χ4v) is 1.91. The van der Waals surface area contributed by atoms with E-state index in [2.05, 4.69) is 19.0 Å². The molecule has 1 aromatic carbocycles. The number of aryl methyl sites for hydroxylation is 2. The van der Waals surface area contributed by atoms with Gasteiger partial charge in [0.05, 0.1) is 6.61 Å². The third-order valence-corrected chi connectivity index (χ3v) is 2.79. The third kappa shape index (κ3) is 4.74. The monoisotopic (exact) mass is 280 g/mol. The summed E-state index contributed by atoms with van der Waals surface area (Å²) in [5.41, 5.74) is 8.18. The van der Waals surface area contributed by atoms with Gasteiger partial charge < -0.3 is 20.4 Å². The van der Waals surface area contributed by atoms with Crippen LogP contribution in [0, 0.1) is 19.8 Å². The molecular weight excluding hydrogens is 256 g/mol. The number of hydrogen-bond donors (Lipinski definition) is 2. The van der Waals surface area contributed by atoms with E-state index in [-0.39, 0.29) is 5.84 Å². The highest BCUT2D eigenvalue weighted by atomic mass is 16.5. The summed E-state index contributed by atoms with van der Waals surface area (Å²) in [7, 11) is 0. The standard InChI is InChI=1S/C15H24N2O3/c1-10(2)9-19-5-6-20-14-11(3)7-13(8-12(14)4)15(16)17-18/h7-8,10,18H,5-6,9H2,1-4H3,(H2,16,17). The van der Waals surface area contributed by atoms with E-state index in [0.29, 0.717) is 24.7 Å². The lowest BCUT2D eigenvalue weighted by atomic mass is 10.1. The van der Waals surface area contributed by atoms with Crippen molar-refractivity contribution >= 4 is 5.84 Å². The zero-order valence-electron chi connectivity index (χ0n) is 12.6. The Bertz CT molecular complexity index is 447. The number of ether oxygens (including phenoxy) is 2. The summed E-state index contributed by atoms with van der Waals surface area (Å²) in [6, 6.07) is 3.68. The Kier molecular flexibility index (Phi) is 6.31. The molecule has 0 aliphatic heterocycles.